The van der Waals surface area contributed by atoms with E-state index in [1.807, 2.05) is 0 Å². The summed E-state index contributed by atoms with van der Waals surface area (Å²) in [5.41, 5.74) is -0.0751. The Morgan fingerprint density at radius 3 is 2.82 bits per heavy atom. The minimum Gasteiger partial charge on any atom is -0.411 e. The van der Waals surface area contributed by atoms with Crippen molar-refractivity contribution in [2.24, 2.45) is 5.16 Å². The summed E-state index contributed by atoms with van der Waals surface area (Å²) in [6.07, 6.45) is 0.842. The fraction of sp³-hybridized carbons (Fsp3) is 0. The van der Waals surface area contributed by atoms with Gasteiger partial charge in [-0.25, -0.2) is 8.78 Å². The highest BCUT2D eigenvalue weighted by atomic mass is 19.1. The molecule has 4 heteroatoms. The second kappa shape index (κ2) is 3.09. The van der Waals surface area contributed by atoms with Gasteiger partial charge in [0.15, 0.2) is 0 Å². The van der Waals surface area contributed by atoms with E-state index < -0.39 is 11.6 Å². The van der Waals surface area contributed by atoms with Crippen molar-refractivity contribution in [2.75, 3.05) is 0 Å². The Kier molecular flexibility index (Phi) is 2.15. The molecule has 1 aromatic carbocycles. The van der Waals surface area contributed by atoms with Crippen LogP contribution in [0.3, 0.4) is 0 Å². The van der Waals surface area contributed by atoms with Gasteiger partial charge in [0.05, 0.1) is 6.21 Å². The minimum atomic E-state index is -0.803. The quantitative estimate of drug-likeness (QED) is 0.373. The number of halogens is 2. The molecule has 11 heavy (non-hydrogen) atoms. The highest BCUT2D eigenvalue weighted by molar-refractivity contribution is 5.78. The fourth-order valence-corrected chi connectivity index (χ4v) is 0.613. The molecule has 0 aliphatic carbocycles. The highest BCUT2D eigenvalue weighted by Crippen LogP contribution is 2.05. The number of benzene rings is 1. The lowest BCUT2D eigenvalue weighted by Crippen LogP contribution is -1.89. The van der Waals surface area contributed by atoms with Crippen LogP contribution in [0.25, 0.3) is 0 Å². The van der Waals surface area contributed by atoms with Gasteiger partial charge < -0.3 is 5.21 Å². The van der Waals surface area contributed by atoms with Gasteiger partial charge in [-0.3, -0.25) is 0 Å². The Labute approximate surface area is 61.8 Å². The Balaban J connectivity index is 3.09. The maximum absolute atomic E-state index is 12.6. The summed E-state index contributed by atoms with van der Waals surface area (Å²) in [7, 11) is 0. The summed E-state index contributed by atoms with van der Waals surface area (Å²) in [5, 5.41) is 10.6. The van der Waals surface area contributed by atoms with Gasteiger partial charge in [0.2, 0.25) is 0 Å². The predicted molar refractivity (Wildman–Crippen MR) is 34.6 cm³/mol. The van der Waals surface area contributed by atoms with Crippen LogP contribution in [0.4, 0.5) is 8.78 Å². The first-order chi connectivity index (χ1) is 5.24. The van der Waals surface area contributed by atoms with Gasteiger partial charge in [0.25, 0.3) is 0 Å². The summed E-state index contributed by atoms with van der Waals surface area (Å²) in [6.45, 7) is 0. The molecule has 2 nitrogen and oxygen atoms in total. The normalized spacial score (nSPS) is 10.7. The van der Waals surface area contributed by atoms with Gasteiger partial charge in [-0.2, -0.15) is 0 Å². The van der Waals surface area contributed by atoms with Gasteiger partial charge in [-0.05, 0) is 12.1 Å². The van der Waals surface area contributed by atoms with Crippen LogP contribution in [0.5, 0.6) is 0 Å². The number of nitrogens with zero attached hydrogens (tertiary/aromatic N) is 1. The van der Waals surface area contributed by atoms with Crippen molar-refractivity contribution in [1.82, 2.24) is 0 Å². The molecule has 0 bridgehead atoms. The van der Waals surface area contributed by atoms with Crippen LogP contribution >= 0.6 is 0 Å². The Morgan fingerprint density at radius 2 is 2.27 bits per heavy atom. The van der Waals surface area contributed by atoms with Crippen LogP contribution in [0.1, 0.15) is 5.56 Å². The number of oxime groups is 1. The third-order valence-electron chi connectivity index (χ3n) is 1.07. The molecule has 0 aliphatic heterocycles. The average molecular weight is 156 g/mol. The topological polar surface area (TPSA) is 32.6 Å². The second-order valence-corrected chi connectivity index (χ2v) is 1.82. The van der Waals surface area contributed by atoms with Crippen molar-refractivity contribution < 1.29 is 14.0 Å². The lowest BCUT2D eigenvalue weighted by Gasteiger charge is -1.92. The summed E-state index contributed by atoms with van der Waals surface area (Å²) >= 11 is 0. The maximum atomic E-state index is 12.6. The average Bonchev–Trinajstić information content (AvgIpc) is 1.95. The van der Waals surface area contributed by atoms with E-state index in [1.54, 1.807) is 0 Å². The van der Waals surface area contributed by atoms with Crippen LogP contribution in [-0.4, -0.2) is 11.4 Å². The second-order valence-electron chi connectivity index (χ2n) is 1.82. The minimum absolute atomic E-state index is 0.0751. The van der Waals surface area contributed by atoms with Crippen LogP contribution in [0.15, 0.2) is 17.3 Å². The summed E-state index contributed by atoms with van der Waals surface area (Å²) in [4.78, 5) is 0. The number of rotatable bonds is 1. The number of hydrogen-bond acceptors (Lipinski definition) is 2. The summed E-state index contributed by atoms with van der Waals surface area (Å²) < 4.78 is 24.8. The van der Waals surface area contributed by atoms with Crippen LogP contribution in [0, 0.1) is 17.7 Å². The van der Waals surface area contributed by atoms with Gasteiger partial charge in [0.1, 0.15) is 11.6 Å². The standard InChI is InChI=1S/C7H4F2NO/c8-6-2-1-5(4-10-11)7(9)3-6/h2-4,11H/b10-4-. The number of hydrogen-bond donors (Lipinski definition) is 1. The van der Waals surface area contributed by atoms with E-state index in [0.29, 0.717) is 6.07 Å². The molecule has 0 heterocycles. The van der Waals surface area contributed by atoms with Crippen molar-refractivity contribution in [3.05, 3.63) is 35.4 Å². The van der Waals surface area contributed by atoms with Crippen molar-refractivity contribution in [3.63, 3.8) is 0 Å². The third-order valence-corrected chi connectivity index (χ3v) is 1.07. The van der Waals surface area contributed by atoms with Crippen LogP contribution < -0.4 is 0 Å². The molecule has 1 rings (SSSR count). The van der Waals surface area contributed by atoms with Crippen molar-refractivity contribution in [2.45, 2.75) is 0 Å². The molecule has 0 unspecified atom stereocenters. The van der Waals surface area contributed by atoms with Crippen molar-refractivity contribution >= 4 is 6.21 Å². The van der Waals surface area contributed by atoms with E-state index >= 15 is 0 Å². The van der Waals surface area contributed by atoms with Crippen molar-refractivity contribution in [3.8, 4) is 0 Å². The largest absolute Gasteiger partial charge is 0.411 e. The molecule has 0 saturated heterocycles. The van der Waals surface area contributed by atoms with Crippen LogP contribution in [-0.2, 0) is 0 Å². The lowest BCUT2D eigenvalue weighted by molar-refractivity contribution is 0.321. The molecule has 0 saturated carbocycles. The first-order valence-electron chi connectivity index (χ1n) is 2.78. The molecule has 0 spiro atoms. The first-order valence-corrected chi connectivity index (χ1v) is 2.78. The molecule has 0 atom stereocenters. The first kappa shape index (κ1) is 7.65. The van der Waals surface area contributed by atoms with E-state index in [2.05, 4.69) is 11.2 Å². The zero-order chi connectivity index (χ0) is 8.27. The predicted octanol–water partition coefficient (Wildman–Crippen LogP) is 1.57. The van der Waals surface area contributed by atoms with Crippen molar-refractivity contribution in [1.29, 1.82) is 0 Å². The van der Waals surface area contributed by atoms with Gasteiger partial charge >= 0.3 is 0 Å². The Bertz CT molecular complexity index is 286. The summed E-state index contributed by atoms with van der Waals surface area (Å²) in [5.74, 6) is -1.51. The molecule has 1 radical (unpaired) electrons. The monoisotopic (exact) mass is 156 g/mol. The van der Waals surface area contributed by atoms with E-state index in [9.17, 15) is 8.78 Å². The Morgan fingerprint density at radius 1 is 1.55 bits per heavy atom. The van der Waals surface area contributed by atoms with Gasteiger partial charge in [-0.15, -0.1) is 0 Å². The zero-order valence-corrected chi connectivity index (χ0v) is 5.38. The maximum Gasteiger partial charge on any atom is 0.135 e. The van der Waals surface area contributed by atoms with E-state index in [4.69, 9.17) is 5.21 Å². The van der Waals surface area contributed by atoms with Gasteiger partial charge in [0, 0.05) is 11.6 Å². The highest BCUT2D eigenvalue weighted by Gasteiger charge is 2.00. The SMILES string of the molecule is O/N=C\c1[c]cc(F)cc1F. The fourth-order valence-electron chi connectivity index (χ4n) is 0.613. The lowest BCUT2D eigenvalue weighted by atomic mass is 10.2. The molecule has 1 aromatic rings. The zero-order valence-electron chi connectivity index (χ0n) is 5.38. The van der Waals surface area contributed by atoms with E-state index in [-0.39, 0.29) is 5.56 Å². The van der Waals surface area contributed by atoms with Gasteiger partial charge in [-0.1, -0.05) is 5.16 Å². The molecule has 0 aliphatic rings. The molecule has 1 N–H and O–H groups in total. The van der Waals surface area contributed by atoms with E-state index in [0.717, 1.165) is 12.3 Å². The molecule has 57 valence electrons. The molecule has 0 amide bonds. The third kappa shape index (κ3) is 1.73. The molecule has 0 fully saturated rings. The molecular formula is C7H4F2NO. The smallest absolute Gasteiger partial charge is 0.135 e. The summed E-state index contributed by atoms with van der Waals surface area (Å²) in [6, 6.07) is 3.89. The molecule has 0 aromatic heterocycles. The van der Waals surface area contributed by atoms with E-state index in [1.165, 1.54) is 0 Å². The molecular weight excluding hydrogens is 152 g/mol. The van der Waals surface area contributed by atoms with Crippen LogP contribution in [0.2, 0.25) is 0 Å². The Hall–Kier alpha value is -1.45.